The van der Waals surface area contributed by atoms with Crippen molar-refractivity contribution in [1.82, 2.24) is 4.48 Å². The first-order valence-electron chi connectivity index (χ1n) is 7.42. The largest absolute Gasteiger partial charge is 0.605 e. The molecule has 0 radical (unpaired) electrons. The van der Waals surface area contributed by atoms with Gasteiger partial charge in [0.25, 0.3) is 0 Å². The minimum absolute atomic E-state index is 0.0448. The first kappa shape index (κ1) is 15.1. The molecule has 2 aromatic heterocycles. The maximum Gasteiger partial charge on any atom is 0.605 e. The van der Waals surface area contributed by atoms with Crippen molar-refractivity contribution < 1.29 is 23.2 Å². The van der Waals surface area contributed by atoms with Crippen LogP contribution in [0.4, 0.5) is 8.78 Å². The standard InChI is InChI=1S/C16H11BF2N2O2S/c18-15-11(5-6-14(22)23)21-12(16(15)19)8-9-3-4-10(20(9)17-21)13-2-1-7-24-13/h1-4,7-8,17H,5-6H2/p+1. The molecule has 24 heavy (non-hydrogen) atoms. The van der Waals surface area contributed by atoms with Crippen molar-refractivity contribution in [3.05, 3.63) is 63.3 Å². The Hall–Kier alpha value is -2.48. The summed E-state index contributed by atoms with van der Waals surface area (Å²) in [7, 11) is 0.261. The molecule has 0 aromatic carbocycles. The second-order valence-corrected chi connectivity index (χ2v) is 6.56. The Kier molecular flexibility index (Phi) is 3.49. The van der Waals surface area contributed by atoms with E-state index < -0.39 is 17.6 Å². The van der Waals surface area contributed by atoms with Crippen LogP contribution in [0.15, 0.2) is 35.4 Å². The van der Waals surface area contributed by atoms with Gasteiger partial charge in [-0.05, 0) is 11.4 Å². The first-order valence-corrected chi connectivity index (χ1v) is 8.30. The molecular weight excluding hydrogens is 333 g/mol. The van der Waals surface area contributed by atoms with Gasteiger partial charge in [0.05, 0.1) is 22.7 Å². The van der Waals surface area contributed by atoms with Gasteiger partial charge in [0.2, 0.25) is 0 Å². The molecule has 0 unspecified atom stereocenters. The van der Waals surface area contributed by atoms with E-state index in [9.17, 15) is 13.6 Å². The van der Waals surface area contributed by atoms with E-state index in [1.54, 1.807) is 17.4 Å². The number of nitrogens with zero attached hydrogens (tertiary/aromatic N) is 2. The second-order valence-electron chi connectivity index (χ2n) is 5.62. The van der Waals surface area contributed by atoms with Gasteiger partial charge in [-0.2, -0.15) is 0 Å². The van der Waals surface area contributed by atoms with Crippen LogP contribution in [-0.4, -0.2) is 33.3 Å². The SMILES string of the molecule is O=C(O)CCc1c(F)c(F)c2n1B[N+]1=C(c3cccs3)C=CC1=C2. The molecule has 0 saturated carbocycles. The summed E-state index contributed by atoms with van der Waals surface area (Å²) >= 11 is 1.59. The van der Waals surface area contributed by atoms with E-state index in [4.69, 9.17) is 5.11 Å². The molecule has 0 amide bonds. The highest BCUT2D eigenvalue weighted by Gasteiger charge is 2.36. The molecule has 0 aliphatic carbocycles. The fourth-order valence-electron chi connectivity index (χ4n) is 3.08. The number of carboxylic acids is 1. The number of hydrogen-bond acceptors (Lipinski definition) is 2. The molecule has 8 heteroatoms. The fraction of sp³-hybridized carbons (Fsp3) is 0.125. The fourth-order valence-corrected chi connectivity index (χ4v) is 3.84. The normalized spacial score (nSPS) is 15.2. The molecule has 4 heterocycles. The summed E-state index contributed by atoms with van der Waals surface area (Å²) in [6.07, 6.45) is 5.14. The van der Waals surface area contributed by atoms with Gasteiger partial charge >= 0.3 is 13.5 Å². The van der Waals surface area contributed by atoms with E-state index in [0.717, 1.165) is 16.3 Å². The Balaban J connectivity index is 1.81. The highest BCUT2D eigenvalue weighted by Crippen LogP contribution is 2.29. The first-order chi connectivity index (χ1) is 11.6. The van der Waals surface area contributed by atoms with E-state index in [1.165, 1.54) is 4.48 Å². The number of aliphatic carboxylic acids is 1. The number of allylic oxidation sites excluding steroid dienone is 2. The van der Waals surface area contributed by atoms with Crippen molar-refractivity contribution in [1.29, 1.82) is 0 Å². The lowest BCUT2D eigenvalue weighted by Gasteiger charge is -2.13. The van der Waals surface area contributed by atoms with Gasteiger partial charge in [0.1, 0.15) is 0 Å². The van der Waals surface area contributed by atoms with Crippen LogP contribution >= 0.6 is 11.3 Å². The number of halogens is 2. The third-order valence-corrected chi connectivity index (χ3v) is 5.11. The quantitative estimate of drug-likeness (QED) is 0.865. The van der Waals surface area contributed by atoms with Crippen molar-refractivity contribution in [2.75, 3.05) is 0 Å². The van der Waals surface area contributed by atoms with Crippen LogP contribution in [0.5, 0.6) is 0 Å². The molecule has 0 atom stereocenters. The molecule has 0 bridgehead atoms. The summed E-state index contributed by atoms with van der Waals surface area (Å²) in [5.74, 6) is -2.91. The lowest BCUT2D eigenvalue weighted by Crippen LogP contribution is -2.31. The Labute approximate surface area is 141 Å². The minimum atomic E-state index is -1.04. The van der Waals surface area contributed by atoms with Crippen molar-refractivity contribution in [2.45, 2.75) is 12.8 Å². The predicted octanol–water partition coefficient (Wildman–Crippen LogP) is 2.39. The van der Waals surface area contributed by atoms with E-state index in [2.05, 4.69) is 0 Å². The third-order valence-electron chi connectivity index (χ3n) is 4.22. The lowest BCUT2D eigenvalue weighted by atomic mass is 10.0. The Bertz CT molecular complexity index is 942. The van der Waals surface area contributed by atoms with Gasteiger partial charge in [-0.1, -0.05) is 6.07 Å². The van der Waals surface area contributed by atoms with E-state index in [1.807, 2.05) is 34.2 Å². The number of hydrogen-bond donors (Lipinski definition) is 1. The smallest absolute Gasteiger partial charge is 0.481 e. The Morgan fingerprint density at radius 3 is 2.88 bits per heavy atom. The van der Waals surface area contributed by atoms with E-state index >= 15 is 0 Å². The number of aromatic nitrogens is 1. The molecular formula is C16H12BF2N2O2S+. The van der Waals surface area contributed by atoms with Crippen molar-refractivity contribution in [3.63, 3.8) is 0 Å². The zero-order valence-corrected chi connectivity index (χ0v) is 13.3. The molecule has 4 nitrogen and oxygen atoms in total. The number of rotatable bonds is 4. The Morgan fingerprint density at radius 1 is 1.33 bits per heavy atom. The summed E-state index contributed by atoms with van der Waals surface area (Å²) < 4.78 is 31.9. The molecule has 120 valence electrons. The number of thiophene rings is 1. The van der Waals surface area contributed by atoms with Crippen LogP contribution in [-0.2, 0) is 11.2 Å². The lowest BCUT2D eigenvalue weighted by molar-refractivity contribution is -0.311. The van der Waals surface area contributed by atoms with Crippen LogP contribution in [0, 0.1) is 11.6 Å². The van der Waals surface area contributed by atoms with Crippen LogP contribution in [0.1, 0.15) is 22.7 Å². The molecule has 2 aliphatic rings. The highest BCUT2D eigenvalue weighted by molar-refractivity contribution is 7.12. The topological polar surface area (TPSA) is 45.2 Å². The van der Waals surface area contributed by atoms with Crippen LogP contribution in [0.3, 0.4) is 0 Å². The van der Waals surface area contributed by atoms with Gasteiger partial charge in [-0.25, -0.2) is 8.78 Å². The molecule has 4 rings (SSSR count). The zero-order valence-electron chi connectivity index (χ0n) is 12.5. The van der Waals surface area contributed by atoms with Gasteiger partial charge < -0.3 is 9.58 Å². The maximum atomic E-state index is 14.2. The average Bonchev–Trinajstić information content (AvgIpc) is 3.25. The average molecular weight is 345 g/mol. The van der Waals surface area contributed by atoms with Gasteiger partial charge in [-0.3, -0.25) is 9.28 Å². The molecule has 2 aliphatic heterocycles. The predicted molar refractivity (Wildman–Crippen MR) is 88.7 cm³/mol. The number of fused-ring (bicyclic) bond motifs is 2. The summed E-state index contributed by atoms with van der Waals surface area (Å²) in [6, 6.07) is 3.94. The number of carbonyl (C=O) groups is 1. The van der Waals surface area contributed by atoms with Gasteiger partial charge in [0, 0.05) is 24.6 Å². The van der Waals surface area contributed by atoms with Crippen molar-refractivity contribution in [3.8, 4) is 0 Å². The summed E-state index contributed by atoms with van der Waals surface area (Å²) in [4.78, 5) is 11.9. The van der Waals surface area contributed by atoms with Crippen LogP contribution < -0.4 is 0 Å². The highest BCUT2D eigenvalue weighted by atomic mass is 32.1. The minimum Gasteiger partial charge on any atom is -0.481 e. The maximum absolute atomic E-state index is 14.2. The van der Waals surface area contributed by atoms with E-state index in [0.29, 0.717) is 0 Å². The van der Waals surface area contributed by atoms with Crippen LogP contribution in [0.25, 0.3) is 6.08 Å². The second kappa shape index (κ2) is 5.56. The zero-order chi connectivity index (χ0) is 16.8. The molecule has 0 spiro atoms. The van der Waals surface area contributed by atoms with E-state index in [-0.39, 0.29) is 31.8 Å². The molecule has 1 N–H and O–H groups in total. The third kappa shape index (κ3) is 2.25. The van der Waals surface area contributed by atoms with Crippen molar-refractivity contribution >= 4 is 36.6 Å². The Morgan fingerprint density at radius 2 is 2.17 bits per heavy atom. The van der Waals surface area contributed by atoms with Crippen molar-refractivity contribution in [2.24, 2.45) is 0 Å². The monoisotopic (exact) mass is 345 g/mol. The number of carboxylic acid groups (broad SMARTS) is 1. The van der Waals surface area contributed by atoms with Gasteiger partial charge in [-0.15, -0.1) is 11.3 Å². The summed E-state index contributed by atoms with van der Waals surface area (Å²) in [6.45, 7) is 0. The molecule has 0 saturated heterocycles. The summed E-state index contributed by atoms with van der Waals surface area (Å²) in [5.41, 5.74) is 2.03. The molecule has 0 fully saturated rings. The van der Waals surface area contributed by atoms with Crippen LogP contribution in [0.2, 0.25) is 0 Å². The molecule has 2 aromatic rings. The van der Waals surface area contributed by atoms with Gasteiger partial charge in [0.15, 0.2) is 23.0 Å². The summed E-state index contributed by atoms with van der Waals surface area (Å²) in [5, 5.41) is 10.8.